The van der Waals surface area contributed by atoms with Crippen molar-refractivity contribution in [1.82, 2.24) is 20.3 Å². The Bertz CT molecular complexity index is 730. The lowest BCUT2D eigenvalue weighted by atomic mass is 10.3. The molecule has 8 heteroatoms. The molecule has 21 heavy (non-hydrogen) atoms. The quantitative estimate of drug-likeness (QED) is 0.870. The van der Waals surface area contributed by atoms with Crippen molar-refractivity contribution in [2.24, 2.45) is 0 Å². The minimum Gasteiger partial charge on any atom is -0.350 e. The second kappa shape index (κ2) is 6.21. The number of carbonyl (C=O) groups excluding carboxylic acids is 1. The number of amides is 1. The fraction of sp³-hybridized carbons (Fsp3) is 0.231. The van der Waals surface area contributed by atoms with Crippen LogP contribution in [0.2, 0.25) is 0 Å². The number of aryl methyl sites for hydroxylation is 1. The van der Waals surface area contributed by atoms with Crippen molar-refractivity contribution in [3.63, 3.8) is 0 Å². The first kappa shape index (κ1) is 14.8. The molecule has 0 saturated heterocycles. The molecular weight excluding hydrogens is 282 g/mol. The van der Waals surface area contributed by atoms with E-state index in [2.05, 4.69) is 20.3 Å². The minimum atomic E-state index is -1.03. The summed E-state index contributed by atoms with van der Waals surface area (Å²) in [7, 11) is 0. The van der Waals surface area contributed by atoms with Crippen molar-refractivity contribution in [2.45, 2.75) is 13.3 Å². The van der Waals surface area contributed by atoms with E-state index in [0.717, 1.165) is 6.20 Å². The Labute approximate surface area is 118 Å². The SMILES string of the molecule is Cc1cc(=O)[nH]c(CCNC(=O)c2ncc(F)cc2F)n1. The van der Waals surface area contributed by atoms with Gasteiger partial charge in [-0.05, 0) is 6.92 Å². The summed E-state index contributed by atoms with van der Waals surface area (Å²) in [6.07, 6.45) is 1.03. The lowest BCUT2D eigenvalue weighted by molar-refractivity contribution is 0.0944. The van der Waals surface area contributed by atoms with Crippen LogP contribution in [-0.2, 0) is 6.42 Å². The number of carbonyl (C=O) groups is 1. The Hall–Kier alpha value is -2.64. The maximum absolute atomic E-state index is 13.3. The summed E-state index contributed by atoms with van der Waals surface area (Å²) < 4.78 is 26.0. The first-order chi connectivity index (χ1) is 9.95. The molecule has 2 rings (SSSR count). The molecule has 0 radical (unpaired) electrons. The molecule has 0 aliphatic carbocycles. The Morgan fingerprint density at radius 1 is 1.38 bits per heavy atom. The monoisotopic (exact) mass is 294 g/mol. The maximum Gasteiger partial charge on any atom is 0.272 e. The fourth-order valence-corrected chi connectivity index (χ4v) is 1.72. The van der Waals surface area contributed by atoms with E-state index in [0.29, 0.717) is 17.6 Å². The molecule has 6 nitrogen and oxygen atoms in total. The van der Waals surface area contributed by atoms with E-state index in [1.165, 1.54) is 6.07 Å². The van der Waals surface area contributed by atoms with Crippen LogP contribution in [0, 0.1) is 18.6 Å². The van der Waals surface area contributed by atoms with Crippen LogP contribution in [0.15, 0.2) is 23.1 Å². The van der Waals surface area contributed by atoms with Gasteiger partial charge in [0.2, 0.25) is 0 Å². The van der Waals surface area contributed by atoms with Gasteiger partial charge in [0, 0.05) is 30.8 Å². The molecule has 2 aromatic rings. The van der Waals surface area contributed by atoms with E-state index in [-0.39, 0.29) is 18.5 Å². The Morgan fingerprint density at radius 2 is 2.14 bits per heavy atom. The molecule has 110 valence electrons. The normalized spacial score (nSPS) is 10.4. The van der Waals surface area contributed by atoms with Crippen molar-refractivity contribution >= 4 is 5.91 Å². The third kappa shape index (κ3) is 3.91. The minimum absolute atomic E-state index is 0.129. The van der Waals surface area contributed by atoms with Crippen molar-refractivity contribution < 1.29 is 13.6 Å². The van der Waals surface area contributed by atoms with E-state index >= 15 is 0 Å². The molecule has 0 fully saturated rings. The van der Waals surface area contributed by atoms with Gasteiger partial charge in [-0.25, -0.2) is 18.7 Å². The van der Waals surface area contributed by atoms with Crippen molar-refractivity contribution in [1.29, 1.82) is 0 Å². The van der Waals surface area contributed by atoms with Gasteiger partial charge in [0.05, 0.1) is 6.20 Å². The second-order valence-electron chi connectivity index (χ2n) is 4.32. The van der Waals surface area contributed by atoms with E-state index in [1.807, 2.05) is 0 Å². The van der Waals surface area contributed by atoms with Crippen LogP contribution >= 0.6 is 0 Å². The fourth-order valence-electron chi connectivity index (χ4n) is 1.72. The molecule has 2 N–H and O–H groups in total. The number of hydrogen-bond donors (Lipinski definition) is 2. The number of nitrogens with zero attached hydrogens (tertiary/aromatic N) is 2. The van der Waals surface area contributed by atoms with Crippen LogP contribution in [0.1, 0.15) is 22.0 Å². The topological polar surface area (TPSA) is 87.7 Å². The molecule has 0 aromatic carbocycles. The maximum atomic E-state index is 13.3. The number of pyridine rings is 1. The zero-order valence-corrected chi connectivity index (χ0v) is 11.1. The van der Waals surface area contributed by atoms with E-state index in [9.17, 15) is 18.4 Å². The summed E-state index contributed by atoms with van der Waals surface area (Å²) in [5.41, 5.74) is -0.205. The largest absolute Gasteiger partial charge is 0.350 e. The van der Waals surface area contributed by atoms with Gasteiger partial charge in [0.1, 0.15) is 11.6 Å². The van der Waals surface area contributed by atoms with Gasteiger partial charge in [-0.2, -0.15) is 0 Å². The van der Waals surface area contributed by atoms with Gasteiger partial charge in [0.25, 0.3) is 11.5 Å². The Morgan fingerprint density at radius 3 is 2.81 bits per heavy atom. The van der Waals surface area contributed by atoms with Gasteiger partial charge in [-0.1, -0.05) is 0 Å². The summed E-state index contributed by atoms with van der Waals surface area (Å²) in [5, 5.41) is 2.42. The van der Waals surface area contributed by atoms with E-state index < -0.39 is 23.2 Å². The lowest BCUT2D eigenvalue weighted by Crippen LogP contribution is -2.28. The molecule has 0 atom stereocenters. The highest BCUT2D eigenvalue weighted by Gasteiger charge is 2.13. The summed E-state index contributed by atoms with van der Waals surface area (Å²) in [4.78, 5) is 32.9. The van der Waals surface area contributed by atoms with Crippen LogP contribution in [-0.4, -0.2) is 27.4 Å². The highest BCUT2D eigenvalue weighted by Crippen LogP contribution is 2.05. The van der Waals surface area contributed by atoms with Crippen molar-refractivity contribution in [3.8, 4) is 0 Å². The first-order valence-electron chi connectivity index (χ1n) is 6.12. The average molecular weight is 294 g/mol. The van der Waals surface area contributed by atoms with Crippen LogP contribution < -0.4 is 10.9 Å². The first-order valence-corrected chi connectivity index (χ1v) is 6.12. The van der Waals surface area contributed by atoms with Crippen molar-refractivity contribution in [2.75, 3.05) is 6.54 Å². The molecule has 0 saturated carbocycles. The predicted octanol–water partition coefficient (Wildman–Crippen LogP) is 0.724. The van der Waals surface area contributed by atoms with Gasteiger partial charge >= 0.3 is 0 Å². The standard InChI is InChI=1S/C13H12F2N4O2/c1-7-4-11(20)19-10(18-7)2-3-16-13(21)12-9(15)5-8(14)6-17-12/h4-6H,2-3H2,1H3,(H,16,21)(H,18,19,20). The smallest absolute Gasteiger partial charge is 0.272 e. The number of H-pyrrole nitrogens is 1. The second-order valence-corrected chi connectivity index (χ2v) is 4.32. The number of hydrogen-bond acceptors (Lipinski definition) is 4. The van der Waals surface area contributed by atoms with Gasteiger partial charge in [-0.15, -0.1) is 0 Å². The van der Waals surface area contributed by atoms with Gasteiger partial charge < -0.3 is 10.3 Å². The van der Waals surface area contributed by atoms with Gasteiger partial charge in [0.15, 0.2) is 11.5 Å². The molecule has 2 aromatic heterocycles. The molecule has 0 bridgehead atoms. The highest BCUT2D eigenvalue weighted by molar-refractivity contribution is 5.92. The number of halogens is 2. The summed E-state index contributed by atoms with van der Waals surface area (Å²) in [6.45, 7) is 1.80. The number of nitrogens with one attached hydrogen (secondary N) is 2. The summed E-state index contributed by atoms with van der Waals surface area (Å²) in [5.74, 6) is -2.24. The lowest BCUT2D eigenvalue weighted by Gasteiger charge is -2.05. The Balaban J connectivity index is 1.96. The highest BCUT2D eigenvalue weighted by atomic mass is 19.1. The van der Waals surface area contributed by atoms with Crippen molar-refractivity contribution in [3.05, 3.63) is 57.5 Å². The van der Waals surface area contributed by atoms with E-state index in [4.69, 9.17) is 0 Å². The summed E-state index contributed by atoms with van der Waals surface area (Å²) in [6, 6.07) is 1.93. The number of rotatable bonds is 4. The molecule has 0 aliphatic heterocycles. The predicted molar refractivity (Wildman–Crippen MR) is 69.8 cm³/mol. The zero-order chi connectivity index (χ0) is 15.4. The van der Waals surface area contributed by atoms with E-state index in [1.54, 1.807) is 6.92 Å². The molecule has 0 spiro atoms. The average Bonchev–Trinajstić information content (AvgIpc) is 2.37. The zero-order valence-electron chi connectivity index (χ0n) is 11.1. The molecule has 0 aliphatic rings. The molecule has 2 heterocycles. The van der Waals surface area contributed by atoms with Crippen LogP contribution in [0.4, 0.5) is 8.78 Å². The van der Waals surface area contributed by atoms with Crippen LogP contribution in [0.3, 0.4) is 0 Å². The van der Waals surface area contributed by atoms with Crippen LogP contribution in [0.25, 0.3) is 0 Å². The molecular formula is C13H12F2N4O2. The van der Waals surface area contributed by atoms with Crippen LogP contribution in [0.5, 0.6) is 0 Å². The molecule has 0 unspecified atom stereocenters. The number of aromatic nitrogens is 3. The number of aromatic amines is 1. The van der Waals surface area contributed by atoms with Gasteiger partial charge in [-0.3, -0.25) is 9.59 Å². The third-order valence-electron chi connectivity index (χ3n) is 2.59. The summed E-state index contributed by atoms with van der Waals surface area (Å²) >= 11 is 0. The Kier molecular flexibility index (Phi) is 4.36. The molecule has 1 amide bonds. The third-order valence-corrected chi connectivity index (χ3v) is 2.59.